The molecule has 0 bridgehead atoms. The number of rotatable bonds is 5. The second kappa shape index (κ2) is 8.45. The Labute approximate surface area is 155 Å². The highest BCUT2D eigenvalue weighted by molar-refractivity contribution is 9.10. The zero-order valence-corrected chi connectivity index (χ0v) is 15.1. The Morgan fingerprint density at radius 3 is 2.16 bits per heavy atom. The smallest absolute Gasteiger partial charge is 0.331 e. The van der Waals surface area contributed by atoms with Gasteiger partial charge in [0.1, 0.15) is 6.61 Å². The van der Waals surface area contributed by atoms with E-state index in [0.29, 0.717) is 0 Å². The number of hydrogen-bond donors (Lipinski definition) is 0. The maximum absolute atomic E-state index is 11.8. The topological polar surface area (TPSA) is 26.3 Å². The highest BCUT2D eigenvalue weighted by Gasteiger charge is 2.01. The summed E-state index contributed by atoms with van der Waals surface area (Å²) in [7, 11) is 0. The predicted molar refractivity (Wildman–Crippen MR) is 105 cm³/mol. The number of halogens is 1. The molecule has 0 atom stereocenters. The van der Waals surface area contributed by atoms with Crippen molar-refractivity contribution >= 4 is 28.0 Å². The Bertz CT molecular complexity index is 851. The van der Waals surface area contributed by atoms with E-state index >= 15 is 0 Å². The van der Waals surface area contributed by atoms with Crippen molar-refractivity contribution in [2.24, 2.45) is 0 Å². The fourth-order valence-electron chi connectivity index (χ4n) is 2.36. The lowest BCUT2D eigenvalue weighted by Crippen LogP contribution is -2.00. The van der Waals surface area contributed by atoms with Gasteiger partial charge in [-0.3, -0.25) is 0 Å². The molecule has 0 heterocycles. The second-order valence-corrected chi connectivity index (χ2v) is 6.47. The molecule has 0 amide bonds. The zero-order chi connectivity index (χ0) is 17.5. The second-order valence-electron chi connectivity index (χ2n) is 5.56. The molecule has 2 nitrogen and oxygen atoms in total. The fourth-order valence-corrected chi connectivity index (χ4v) is 2.63. The molecule has 0 spiro atoms. The van der Waals surface area contributed by atoms with Gasteiger partial charge in [0, 0.05) is 10.5 Å². The van der Waals surface area contributed by atoms with E-state index in [4.69, 9.17) is 4.74 Å². The number of ether oxygens (including phenoxy) is 1. The molecule has 3 aromatic rings. The molecular weight excluding hydrogens is 376 g/mol. The molecule has 0 saturated carbocycles. The molecule has 0 unspecified atom stereocenters. The SMILES string of the molecule is O=C(/C=C/c1ccc(Br)cc1)OCc1ccc(-c2ccccc2)cc1. The van der Waals surface area contributed by atoms with Crippen molar-refractivity contribution in [2.45, 2.75) is 6.61 Å². The molecule has 0 fully saturated rings. The van der Waals surface area contributed by atoms with Crippen LogP contribution in [0.25, 0.3) is 17.2 Å². The van der Waals surface area contributed by atoms with Crippen LogP contribution in [0.2, 0.25) is 0 Å². The first-order valence-corrected chi connectivity index (χ1v) is 8.75. The number of carbonyl (C=O) groups excluding carboxylic acids is 1. The van der Waals surface area contributed by atoms with Gasteiger partial charge in [0.15, 0.2) is 0 Å². The van der Waals surface area contributed by atoms with Crippen LogP contribution in [0.4, 0.5) is 0 Å². The number of carbonyl (C=O) groups is 1. The number of hydrogen-bond acceptors (Lipinski definition) is 2. The molecule has 0 aliphatic heterocycles. The summed E-state index contributed by atoms with van der Waals surface area (Å²) in [5, 5.41) is 0. The van der Waals surface area contributed by atoms with Gasteiger partial charge in [-0.15, -0.1) is 0 Å². The molecule has 3 aromatic carbocycles. The Morgan fingerprint density at radius 1 is 0.840 bits per heavy atom. The number of esters is 1. The van der Waals surface area contributed by atoms with Crippen molar-refractivity contribution in [2.75, 3.05) is 0 Å². The summed E-state index contributed by atoms with van der Waals surface area (Å²) in [6.07, 6.45) is 3.19. The first-order chi connectivity index (χ1) is 12.2. The molecule has 124 valence electrons. The van der Waals surface area contributed by atoms with Gasteiger partial charge in [-0.2, -0.15) is 0 Å². The Kier molecular flexibility index (Phi) is 5.81. The van der Waals surface area contributed by atoms with Gasteiger partial charge in [0.25, 0.3) is 0 Å². The third-order valence-electron chi connectivity index (χ3n) is 3.72. The summed E-state index contributed by atoms with van der Waals surface area (Å²) in [5.41, 5.74) is 4.23. The van der Waals surface area contributed by atoms with Crippen molar-refractivity contribution in [3.63, 3.8) is 0 Å². The van der Waals surface area contributed by atoms with Crippen LogP contribution in [0.15, 0.2) is 89.4 Å². The third-order valence-corrected chi connectivity index (χ3v) is 4.25. The van der Waals surface area contributed by atoms with Crippen molar-refractivity contribution in [1.82, 2.24) is 0 Å². The molecule has 3 rings (SSSR count). The van der Waals surface area contributed by atoms with Crippen LogP contribution < -0.4 is 0 Å². The zero-order valence-electron chi connectivity index (χ0n) is 13.6. The van der Waals surface area contributed by atoms with Gasteiger partial charge < -0.3 is 4.74 Å². The maximum atomic E-state index is 11.8. The first-order valence-electron chi connectivity index (χ1n) is 7.95. The molecule has 3 heteroatoms. The quantitative estimate of drug-likeness (QED) is 0.400. The van der Waals surface area contributed by atoms with Crippen LogP contribution in [0.5, 0.6) is 0 Å². The Morgan fingerprint density at radius 2 is 1.48 bits per heavy atom. The fraction of sp³-hybridized carbons (Fsp3) is 0.0455. The lowest BCUT2D eigenvalue weighted by atomic mass is 10.0. The summed E-state index contributed by atoms with van der Waals surface area (Å²) in [6.45, 7) is 0.262. The minimum Gasteiger partial charge on any atom is -0.458 e. The summed E-state index contributed by atoms with van der Waals surface area (Å²) < 4.78 is 6.29. The molecule has 25 heavy (non-hydrogen) atoms. The van der Waals surface area contributed by atoms with Gasteiger partial charge in [-0.25, -0.2) is 4.79 Å². The van der Waals surface area contributed by atoms with E-state index in [-0.39, 0.29) is 12.6 Å². The lowest BCUT2D eigenvalue weighted by molar-refractivity contribution is -0.138. The first kappa shape index (κ1) is 17.2. The normalized spacial score (nSPS) is 10.8. The molecule has 0 radical (unpaired) electrons. The summed E-state index contributed by atoms with van der Waals surface area (Å²) in [4.78, 5) is 11.8. The standard InChI is InChI=1S/C22H17BrO2/c23-21-13-8-17(9-14-21)10-15-22(24)25-16-18-6-11-20(12-7-18)19-4-2-1-3-5-19/h1-15H,16H2/b15-10+. The van der Waals surface area contributed by atoms with E-state index in [1.54, 1.807) is 6.08 Å². The predicted octanol–water partition coefficient (Wildman–Crippen LogP) is 5.87. The number of benzene rings is 3. The average Bonchev–Trinajstić information content (AvgIpc) is 2.67. The van der Waals surface area contributed by atoms with Crippen molar-refractivity contribution in [3.05, 3.63) is 101 Å². The van der Waals surface area contributed by atoms with Crippen LogP contribution >= 0.6 is 15.9 Å². The molecule has 0 saturated heterocycles. The van der Waals surface area contributed by atoms with E-state index in [2.05, 4.69) is 28.1 Å². The molecular formula is C22H17BrO2. The summed E-state index contributed by atoms with van der Waals surface area (Å²) in [5.74, 6) is -0.352. The maximum Gasteiger partial charge on any atom is 0.331 e. The van der Waals surface area contributed by atoms with E-state index in [1.807, 2.05) is 66.7 Å². The third kappa shape index (κ3) is 5.16. The molecule has 0 aliphatic carbocycles. The minimum atomic E-state index is -0.352. The van der Waals surface area contributed by atoms with E-state index in [9.17, 15) is 4.79 Å². The minimum absolute atomic E-state index is 0.262. The summed E-state index contributed by atoms with van der Waals surface area (Å²) in [6, 6.07) is 25.9. The van der Waals surface area contributed by atoms with Crippen LogP contribution in [-0.2, 0) is 16.1 Å². The van der Waals surface area contributed by atoms with Gasteiger partial charge in [-0.1, -0.05) is 82.7 Å². The van der Waals surface area contributed by atoms with E-state index in [1.165, 1.54) is 11.6 Å². The average molecular weight is 393 g/mol. The highest BCUT2D eigenvalue weighted by atomic mass is 79.9. The van der Waals surface area contributed by atoms with Gasteiger partial charge in [0.2, 0.25) is 0 Å². The van der Waals surface area contributed by atoms with E-state index in [0.717, 1.165) is 21.2 Å². The van der Waals surface area contributed by atoms with Crippen LogP contribution in [0.1, 0.15) is 11.1 Å². The molecule has 0 aromatic heterocycles. The Balaban J connectivity index is 1.54. The van der Waals surface area contributed by atoms with Crippen LogP contribution in [-0.4, -0.2) is 5.97 Å². The monoisotopic (exact) mass is 392 g/mol. The van der Waals surface area contributed by atoms with Gasteiger partial charge in [-0.05, 0) is 40.5 Å². The van der Waals surface area contributed by atoms with Gasteiger partial charge >= 0.3 is 5.97 Å². The lowest BCUT2D eigenvalue weighted by Gasteiger charge is -2.05. The van der Waals surface area contributed by atoms with E-state index < -0.39 is 0 Å². The van der Waals surface area contributed by atoms with Crippen LogP contribution in [0.3, 0.4) is 0 Å². The van der Waals surface area contributed by atoms with Crippen molar-refractivity contribution in [3.8, 4) is 11.1 Å². The van der Waals surface area contributed by atoms with Gasteiger partial charge in [0.05, 0.1) is 0 Å². The Hall–Kier alpha value is -2.65. The highest BCUT2D eigenvalue weighted by Crippen LogP contribution is 2.19. The van der Waals surface area contributed by atoms with Crippen molar-refractivity contribution < 1.29 is 9.53 Å². The summed E-state index contributed by atoms with van der Waals surface area (Å²) >= 11 is 3.38. The van der Waals surface area contributed by atoms with Crippen LogP contribution in [0, 0.1) is 0 Å². The van der Waals surface area contributed by atoms with Crippen molar-refractivity contribution in [1.29, 1.82) is 0 Å². The largest absolute Gasteiger partial charge is 0.458 e. The molecule has 0 aliphatic rings. The molecule has 0 N–H and O–H groups in total.